The van der Waals surface area contributed by atoms with Crippen molar-refractivity contribution in [3.8, 4) is 33.8 Å². The van der Waals surface area contributed by atoms with Crippen LogP contribution in [0, 0.1) is 5.92 Å². The molecule has 3 aliphatic heterocycles. The topological polar surface area (TPSA) is 60.5 Å². The number of anilines is 2. The smallest absolute Gasteiger partial charge is 0.333 e. The Morgan fingerprint density at radius 2 is 1.50 bits per heavy atom. The van der Waals surface area contributed by atoms with Gasteiger partial charge in [0, 0.05) is 70.8 Å². The molecular weight excluding hydrogens is 885 g/mol. The highest BCUT2D eigenvalue weighted by Gasteiger charge is 2.45. The van der Waals surface area contributed by atoms with E-state index in [2.05, 4.69) is 185 Å². The molecule has 0 bridgehead atoms. The van der Waals surface area contributed by atoms with E-state index in [1.54, 1.807) is 14.0 Å². The number of carbonyl (C=O) groups is 1. The number of rotatable bonds is 10. The van der Waals surface area contributed by atoms with Crippen LogP contribution in [0.25, 0.3) is 39.1 Å². The SMILES string of the molecule is C=C(C)C(=O)OCC1CCCN(c2cc3c4c(c5c(c3cc2OC)OC(c2ccc(N3CCOCC3)cc2)(c2ccc(S(C)(C)C)cc2)C=C5)C(C)(C)c2cc(-c3ccc(C(C)(C)C)cc3)ccc2-4)C1. The Hall–Kier alpha value is -5.96. The highest BCUT2D eigenvalue weighted by molar-refractivity contribution is 8.32. The first kappa shape index (κ1) is 47.7. The fourth-order valence-electron chi connectivity index (χ4n) is 11.3. The highest BCUT2D eigenvalue weighted by atomic mass is 32.3. The second-order valence-corrected chi connectivity index (χ2v) is 26.4. The molecule has 364 valence electrons. The number of morpholine rings is 1. The second-order valence-electron chi connectivity index (χ2n) is 22.3. The van der Waals surface area contributed by atoms with Gasteiger partial charge < -0.3 is 28.7 Å². The summed E-state index contributed by atoms with van der Waals surface area (Å²) in [5.74, 6) is 1.48. The van der Waals surface area contributed by atoms with Crippen LogP contribution in [0.5, 0.6) is 11.5 Å². The number of nitrogens with zero attached hydrogens (tertiary/aromatic N) is 2. The number of carbonyl (C=O) groups excluding carboxylic acids is 1. The first-order valence-corrected chi connectivity index (χ1v) is 27.9. The largest absolute Gasteiger partial charge is 0.495 e. The van der Waals surface area contributed by atoms with Gasteiger partial charge in [-0.25, -0.2) is 14.8 Å². The van der Waals surface area contributed by atoms with E-state index >= 15 is 0 Å². The maximum absolute atomic E-state index is 12.5. The fraction of sp³-hybridized carbons (Fsp3) is 0.371. The van der Waals surface area contributed by atoms with Crippen molar-refractivity contribution in [1.82, 2.24) is 0 Å². The van der Waals surface area contributed by atoms with Crippen LogP contribution in [0.2, 0.25) is 0 Å². The van der Waals surface area contributed by atoms with Crippen LogP contribution in [0.3, 0.4) is 0 Å². The Morgan fingerprint density at radius 3 is 2.14 bits per heavy atom. The van der Waals surface area contributed by atoms with E-state index in [1.807, 2.05) is 0 Å². The van der Waals surface area contributed by atoms with Crippen molar-refractivity contribution in [2.45, 2.75) is 75.7 Å². The second kappa shape index (κ2) is 18.0. The average molecular weight is 955 g/mol. The molecule has 0 N–H and O–H groups in total. The predicted octanol–water partition coefficient (Wildman–Crippen LogP) is 13.7. The summed E-state index contributed by atoms with van der Waals surface area (Å²) in [4.78, 5) is 18.7. The minimum absolute atomic E-state index is 0.0741. The quantitative estimate of drug-likeness (QED) is 0.100. The van der Waals surface area contributed by atoms with E-state index in [4.69, 9.17) is 18.9 Å². The number of methoxy groups -OCH3 is 1. The van der Waals surface area contributed by atoms with Gasteiger partial charge in [0.25, 0.3) is 0 Å². The molecule has 8 heteroatoms. The van der Waals surface area contributed by atoms with E-state index in [-0.39, 0.29) is 22.7 Å². The maximum atomic E-state index is 12.5. The van der Waals surface area contributed by atoms with Crippen molar-refractivity contribution in [3.63, 3.8) is 0 Å². The molecule has 0 aromatic heterocycles. The van der Waals surface area contributed by atoms with E-state index in [0.717, 1.165) is 96.9 Å². The third-order valence-electron chi connectivity index (χ3n) is 15.3. The summed E-state index contributed by atoms with van der Waals surface area (Å²) in [6.45, 7) is 22.2. The van der Waals surface area contributed by atoms with Gasteiger partial charge in [-0.05, 0) is 142 Å². The van der Waals surface area contributed by atoms with Crippen molar-refractivity contribution in [1.29, 1.82) is 0 Å². The van der Waals surface area contributed by atoms with Crippen LogP contribution in [0.15, 0.2) is 126 Å². The lowest BCUT2D eigenvalue weighted by Gasteiger charge is -2.39. The first-order chi connectivity index (χ1) is 33.4. The third-order valence-corrected chi connectivity index (χ3v) is 17.0. The molecule has 3 heterocycles. The number of benzene rings is 6. The third kappa shape index (κ3) is 8.49. The van der Waals surface area contributed by atoms with Gasteiger partial charge in [0.15, 0.2) is 5.60 Å². The van der Waals surface area contributed by atoms with Crippen LogP contribution in [0.1, 0.15) is 87.8 Å². The molecular formula is C62H70N2O5S. The summed E-state index contributed by atoms with van der Waals surface area (Å²) >= 11 is 0. The minimum Gasteiger partial charge on any atom is -0.495 e. The molecule has 2 atom stereocenters. The van der Waals surface area contributed by atoms with Crippen molar-refractivity contribution in [3.05, 3.63) is 155 Å². The highest BCUT2D eigenvalue weighted by Crippen LogP contribution is 2.60. The molecule has 0 saturated carbocycles. The zero-order valence-electron chi connectivity index (χ0n) is 43.0. The average Bonchev–Trinajstić information content (AvgIpc) is 3.60. The zero-order chi connectivity index (χ0) is 49.3. The molecule has 0 spiro atoms. The van der Waals surface area contributed by atoms with Gasteiger partial charge in [-0.3, -0.25) is 0 Å². The summed E-state index contributed by atoms with van der Waals surface area (Å²) in [5, 5.41) is 2.14. The Bertz CT molecular complexity index is 3020. The van der Waals surface area contributed by atoms with Crippen LogP contribution in [0.4, 0.5) is 11.4 Å². The van der Waals surface area contributed by atoms with Crippen LogP contribution in [-0.2, 0) is 30.7 Å². The molecule has 0 amide bonds. The Kier molecular flexibility index (Phi) is 12.3. The molecule has 7 nitrogen and oxygen atoms in total. The number of ether oxygens (including phenoxy) is 4. The molecule has 6 aromatic carbocycles. The van der Waals surface area contributed by atoms with Crippen molar-refractivity contribution in [2.75, 3.05) is 81.7 Å². The van der Waals surface area contributed by atoms with Gasteiger partial charge in [-0.15, -0.1) is 0 Å². The van der Waals surface area contributed by atoms with E-state index in [0.29, 0.717) is 12.2 Å². The summed E-state index contributed by atoms with van der Waals surface area (Å²) in [7, 11) is 0.814. The van der Waals surface area contributed by atoms with Gasteiger partial charge in [-0.2, -0.15) is 0 Å². The number of esters is 1. The molecule has 70 heavy (non-hydrogen) atoms. The summed E-state index contributed by atoms with van der Waals surface area (Å²) in [5.41, 5.74) is 13.4. The Balaban J connectivity index is 1.17. The van der Waals surface area contributed by atoms with Crippen molar-refractivity contribution in [2.24, 2.45) is 5.92 Å². The number of piperidine rings is 1. The lowest BCUT2D eigenvalue weighted by Crippen LogP contribution is -2.38. The van der Waals surface area contributed by atoms with E-state index < -0.39 is 15.6 Å². The molecule has 10 rings (SSSR count). The van der Waals surface area contributed by atoms with Gasteiger partial charge in [0.05, 0.1) is 32.6 Å². The van der Waals surface area contributed by atoms with Crippen molar-refractivity contribution < 1.29 is 23.7 Å². The van der Waals surface area contributed by atoms with Crippen LogP contribution < -0.4 is 19.3 Å². The number of hydrogen-bond acceptors (Lipinski definition) is 7. The lowest BCUT2D eigenvalue weighted by atomic mass is 9.76. The first-order valence-electron chi connectivity index (χ1n) is 25.0. The molecule has 2 saturated heterocycles. The molecule has 2 unspecified atom stereocenters. The standard InChI is InChI=1S/C62H70N2O5S/c1-40(2)59(65)68-39-41-13-12-30-64(38-41)54-36-51-52(37-55(54)66-8)58-50(57-56(51)49-27-16-43(35-53(49)61(57,6)7)42-14-17-44(18-15-42)60(3,4)5)28-29-62(69-58,46-21-25-48(26-22-46)70(9,10)11)45-19-23-47(24-20-45)63-31-33-67-34-32-63/h14-29,35-37,41H,1,12-13,30-34,38-39H2,2-11H3. The minimum atomic E-state index is -0.959. The summed E-state index contributed by atoms with van der Waals surface area (Å²) in [6.07, 6.45) is 13.7. The monoisotopic (exact) mass is 955 g/mol. The maximum Gasteiger partial charge on any atom is 0.333 e. The molecule has 6 aromatic rings. The molecule has 2 fully saturated rings. The Labute approximate surface area is 417 Å². The normalized spacial score (nSPS) is 19.8. The van der Waals surface area contributed by atoms with E-state index in [9.17, 15) is 4.79 Å². The number of hydrogen-bond donors (Lipinski definition) is 0. The van der Waals surface area contributed by atoms with Gasteiger partial charge in [0.1, 0.15) is 11.5 Å². The van der Waals surface area contributed by atoms with Crippen LogP contribution >= 0.6 is 10.0 Å². The predicted molar refractivity (Wildman–Crippen MR) is 293 cm³/mol. The fourth-order valence-corrected chi connectivity index (χ4v) is 12.3. The number of fused-ring (bicyclic) bond motifs is 8. The Morgan fingerprint density at radius 1 is 0.829 bits per heavy atom. The summed E-state index contributed by atoms with van der Waals surface area (Å²) < 4.78 is 25.7. The molecule has 0 radical (unpaired) electrons. The summed E-state index contributed by atoms with van der Waals surface area (Å²) in [6, 6.07) is 38.9. The van der Waals surface area contributed by atoms with Gasteiger partial charge >= 0.3 is 5.97 Å². The van der Waals surface area contributed by atoms with Crippen LogP contribution in [-0.4, -0.2) is 77.8 Å². The van der Waals surface area contributed by atoms with Gasteiger partial charge in [-0.1, -0.05) is 108 Å². The lowest BCUT2D eigenvalue weighted by molar-refractivity contribution is -0.140. The molecule has 4 aliphatic rings. The van der Waals surface area contributed by atoms with Crippen molar-refractivity contribution >= 4 is 44.2 Å². The van der Waals surface area contributed by atoms with E-state index in [1.165, 1.54) is 49.5 Å². The zero-order valence-corrected chi connectivity index (χ0v) is 43.8. The van der Waals surface area contributed by atoms with Gasteiger partial charge in [0.2, 0.25) is 0 Å². The molecule has 1 aliphatic carbocycles.